The molecule has 1 atom stereocenters. The molecule has 2 rings (SSSR count). The molecule has 23 heavy (non-hydrogen) atoms. The van der Waals surface area contributed by atoms with Crippen molar-refractivity contribution in [3.8, 4) is 0 Å². The average Bonchev–Trinajstić information content (AvgIpc) is 3.03. The Morgan fingerprint density at radius 3 is 2.74 bits per heavy atom. The van der Waals surface area contributed by atoms with Crippen molar-refractivity contribution in [3.63, 3.8) is 0 Å². The van der Waals surface area contributed by atoms with E-state index in [2.05, 4.69) is 5.32 Å². The van der Waals surface area contributed by atoms with Crippen LogP contribution in [0.3, 0.4) is 0 Å². The maximum Gasteiger partial charge on any atom is 0.226 e. The molecule has 1 aromatic carbocycles. The first kappa shape index (κ1) is 18.2. The molecule has 0 saturated heterocycles. The van der Waals surface area contributed by atoms with E-state index < -0.39 is 6.10 Å². The van der Waals surface area contributed by atoms with E-state index in [0.29, 0.717) is 23.8 Å². The summed E-state index contributed by atoms with van der Waals surface area (Å²) in [4.78, 5) is 12.7. The van der Waals surface area contributed by atoms with Crippen LogP contribution < -0.4 is 5.32 Å². The van der Waals surface area contributed by atoms with E-state index >= 15 is 0 Å². The molecule has 1 aliphatic carbocycles. The van der Waals surface area contributed by atoms with Crippen LogP contribution in [-0.2, 0) is 9.53 Å². The lowest BCUT2D eigenvalue weighted by Gasteiger charge is -2.28. The molecular weight excluding hydrogens is 314 g/mol. The molecule has 4 nitrogen and oxygen atoms in total. The normalized spacial score (nSPS) is 17.9. The highest BCUT2D eigenvalue weighted by atomic mass is 35.5. The Balaban J connectivity index is 1.92. The van der Waals surface area contributed by atoms with Gasteiger partial charge in [0, 0.05) is 30.3 Å². The molecule has 128 valence electrons. The first-order chi connectivity index (χ1) is 11.1. The van der Waals surface area contributed by atoms with E-state index in [9.17, 15) is 9.90 Å². The van der Waals surface area contributed by atoms with Crippen molar-refractivity contribution in [1.82, 2.24) is 5.32 Å². The second-order valence-corrected chi connectivity index (χ2v) is 6.59. The zero-order valence-corrected chi connectivity index (χ0v) is 14.4. The van der Waals surface area contributed by atoms with Crippen LogP contribution in [0.25, 0.3) is 0 Å². The lowest BCUT2D eigenvalue weighted by atomic mass is 9.82. The fourth-order valence-corrected chi connectivity index (χ4v) is 3.55. The van der Waals surface area contributed by atoms with Gasteiger partial charge in [-0.2, -0.15) is 0 Å². The van der Waals surface area contributed by atoms with Gasteiger partial charge in [0.2, 0.25) is 5.91 Å². The maximum absolute atomic E-state index is 12.7. The second-order valence-electron chi connectivity index (χ2n) is 6.18. The fourth-order valence-electron chi connectivity index (χ4n) is 3.29. The number of benzene rings is 1. The van der Waals surface area contributed by atoms with Gasteiger partial charge in [-0.05, 0) is 32.3 Å². The van der Waals surface area contributed by atoms with Crippen molar-refractivity contribution in [2.24, 2.45) is 5.41 Å². The van der Waals surface area contributed by atoms with Crippen molar-refractivity contribution in [3.05, 3.63) is 34.9 Å². The zero-order valence-electron chi connectivity index (χ0n) is 13.7. The second kappa shape index (κ2) is 8.67. The highest BCUT2D eigenvalue weighted by Crippen LogP contribution is 2.41. The van der Waals surface area contributed by atoms with Crippen molar-refractivity contribution in [2.45, 2.75) is 45.1 Å². The molecule has 0 radical (unpaired) electrons. The first-order valence-electron chi connectivity index (χ1n) is 8.37. The number of amides is 1. The lowest BCUT2D eigenvalue weighted by molar-refractivity contribution is -0.132. The summed E-state index contributed by atoms with van der Waals surface area (Å²) in [5.41, 5.74) is 0.305. The van der Waals surface area contributed by atoms with E-state index in [1.54, 1.807) is 12.1 Å². The van der Waals surface area contributed by atoms with Gasteiger partial charge in [-0.1, -0.05) is 42.6 Å². The molecule has 0 spiro atoms. The summed E-state index contributed by atoms with van der Waals surface area (Å²) in [6.07, 6.45) is 3.90. The monoisotopic (exact) mass is 339 g/mol. The Bertz CT molecular complexity index is 515. The predicted molar refractivity (Wildman–Crippen MR) is 91.4 cm³/mol. The van der Waals surface area contributed by atoms with Crippen LogP contribution in [0, 0.1) is 5.41 Å². The number of halogens is 1. The quantitative estimate of drug-likeness (QED) is 0.713. The van der Waals surface area contributed by atoms with Crippen molar-refractivity contribution in [1.29, 1.82) is 0 Å². The third kappa shape index (κ3) is 4.69. The number of aliphatic hydroxyl groups is 1. The van der Waals surface area contributed by atoms with Gasteiger partial charge in [0.25, 0.3) is 0 Å². The van der Waals surface area contributed by atoms with E-state index in [-0.39, 0.29) is 17.9 Å². The number of carbonyl (C=O) groups is 1. The number of aliphatic hydroxyl groups excluding tert-OH is 1. The van der Waals surface area contributed by atoms with Crippen molar-refractivity contribution >= 4 is 17.5 Å². The number of nitrogens with one attached hydrogen (secondary N) is 1. The molecule has 2 N–H and O–H groups in total. The van der Waals surface area contributed by atoms with Crippen LogP contribution in [0.1, 0.15) is 50.7 Å². The third-order valence-corrected chi connectivity index (χ3v) is 5.04. The van der Waals surface area contributed by atoms with Crippen molar-refractivity contribution < 1.29 is 14.6 Å². The molecule has 0 bridgehead atoms. The Labute approximate surface area is 143 Å². The molecule has 1 aliphatic rings. The summed E-state index contributed by atoms with van der Waals surface area (Å²) in [7, 11) is 0. The molecule has 1 amide bonds. The van der Waals surface area contributed by atoms with E-state index in [4.69, 9.17) is 16.3 Å². The molecule has 1 aromatic rings. The van der Waals surface area contributed by atoms with Crippen molar-refractivity contribution in [2.75, 3.05) is 19.8 Å². The fraction of sp³-hybridized carbons (Fsp3) is 0.611. The molecule has 0 aromatic heterocycles. The summed E-state index contributed by atoms with van der Waals surface area (Å²) in [5.74, 6) is 0.0285. The Morgan fingerprint density at radius 1 is 1.39 bits per heavy atom. The Morgan fingerprint density at radius 2 is 2.09 bits per heavy atom. The largest absolute Gasteiger partial charge is 0.387 e. The van der Waals surface area contributed by atoms with E-state index in [1.807, 2.05) is 19.1 Å². The molecule has 0 aliphatic heterocycles. The highest BCUT2D eigenvalue weighted by molar-refractivity contribution is 6.31. The van der Waals surface area contributed by atoms with Crippen LogP contribution in [0.5, 0.6) is 0 Å². The SMILES string of the molecule is CCOCCC1(C(=O)NCC(O)c2ccccc2Cl)CCCC1. The Kier molecular flexibility index (Phi) is 6.88. The van der Waals surface area contributed by atoms with Crippen LogP contribution in [-0.4, -0.2) is 30.8 Å². The summed E-state index contributed by atoms with van der Waals surface area (Å²) in [6.45, 7) is 3.42. The number of carbonyl (C=O) groups excluding carboxylic acids is 1. The van der Waals surface area contributed by atoms with Gasteiger partial charge >= 0.3 is 0 Å². The van der Waals surface area contributed by atoms with Gasteiger partial charge in [-0.25, -0.2) is 0 Å². The van der Waals surface area contributed by atoms with Gasteiger partial charge in [-0.3, -0.25) is 4.79 Å². The number of rotatable bonds is 8. The highest BCUT2D eigenvalue weighted by Gasteiger charge is 2.40. The number of ether oxygens (including phenoxy) is 1. The van der Waals surface area contributed by atoms with Crippen LogP contribution in [0.2, 0.25) is 5.02 Å². The van der Waals surface area contributed by atoms with Crippen LogP contribution >= 0.6 is 11.6 Å². The third-order valence-electron chi connectivity index (χ3n) is 4.69. The van der Waals surface area contributed by atoms with Gasteiger partial charge in [-0.15, -0.1) is 0 Å². The molecule has 1 unspecified atom stereocenters. The molecule has 1 saturated carbocycles. The minimum Gasteiger partial charge on any atom is -0.387 e. The minimum atomic E-state index is -0.794. The molecule has 1 fully saturated rings. The summed E-state index contributed by atoms with van der Waals surface area (Å²) < 4.78 is 5.43. The Hall–Kier alpha value is -1.10. The number of hydrogen-bond donors (Lipinski definition) is 2. The molecule has 5 heteroatoms. The molecule has 0 heterocycles. The summed E-state index contributed by atoms with van der Waals surface area (Å²) >= 11 is 6.08. The number of hydrogen-bond acceptors (Lipinski definition) is 3. The van der Waals surface area contributed by atoms with Gasteiger partial charge in [0.1, 0.15) is 0 Å². The predicted octanol–water partition coefficient (Wildman–Crippen LogP) is 3.48. The first-order valence-corrected chi connectivity index (χ1v) is 8.75. The minimum absolute atomic E-state index is 0.0285. The standard InChI is InChI=1S/C18H26ClNO3/c1-2-23-12-11-18(9-5-6-10-18)17(22)20-13-16(21)14-7-3-4-8-15(14)19/h3-4,7-8,16,21H,2,5-6,9-13H2,1H3,(H,20,22). The van der Waals surface area contributed by atoms with E-state index in [0.717, 1.165) is 32.1 Å². The van der Waals surface area contributed by atoms with Crippen LogP contribution in [0.15, 0.2) is 24.3 Å². The van der Waals surface area contributed by atoms with Gasteiger partial charge in [0.05, 0.1) is 11.5 Å². The smallest absolute Gasteiger partial charge is 0.226 e. The topological polar surface area (TPSA) is 58.6 Å². The summed E-state index contributed by atoms with van der Waals surface area (Å²) in [5, 5.41) is 13.7. The zero-order chi connectivity index (χ0) is 16.7. The summed E-state index contributed by atoms with van der Waals surface area (Å²) in [6, 6.07) is 7.16. The van der Waals surface area contributed by atoms with Crippen LogP contribution in [0.4, 0.5) is 0 Å². The lowest BCUT2D eigenvalue weighted by Crippen LogP contribution is -2.41. The molecular formula is C18H26ClNO3. The van der Waals surface area contributed by atoms with Gasteiger partial charge < -0.3 is 15.2 Å². The average molecular weight is 340 g/mol. The van der Waals surface area contributed by atoms with E-state index in [1.165, 1.54) is 0 Å². The van der Waals surface area contributed by atoms with Gasteiger partial charge in [0.15, 0.2) is 0 Å². The maximum atomic E-state index is 12.7.